The lowest BCUT2D eigenvalue weighted by Gasteiger charge is -2.14. The Morgan fingerprint density at radius 2 is 2.00 bits per heavy atom. The molecule has 7 nitrogen and oxygen atoms in total. The molecule has 7 heteroatoms. The molecule has 4 rings (SSSR count). The Morgan fingerprint density at radius 1 is 1.18 bits per heavy atom. The van der Waals surface area contributed by atoms with Crippen LogP contribution in [0.2, 0.25) is 0 Å². The predicted octanol–water partition coefficient (Wildman–Crippen LogP) is 2.43. The molecule has 0 aliphatic heterocycles. The number of anilines is 1. The van der Waals surface area contributed by atoms with Gasteiger partial charge in [-0.1, -0.05) is 36.4 Å². The number of amidine groups is 1. The van der Waals surface area contributed by atoms with E-state index in [0.29, 0.717) is 16.8 Å². The Hall–Kier alpha value is -3.74. The van der Waals surface area contributed by atoms with E-state index in [4.69, 9.17) is 16.9 Å². The van der Waals surface area contributed by atoms with Crippen molar-refractivity contribution in [2.45, 2.75) is 18.9 Å². The fraction of sp³-hybridized carbons (Fsp3) is 0.143. The van der Waals surface area contributed by atoms with E-state index in [0.717, 1.165) is 12.8 Å². The fourth-order valence-electron chi connectivity index (χ4n) is 3.50. The minimum Gasteiger partial charge on any atom is -0.382 e. The zero-order chi connectivity index (χ0) is 19.7. The Bertz CT molecular complexity index is 1080. The van der Waals surface area contributed by atoms with Gasteiger partial charge in [-0.2, -0.15) is 0 Å². The number of carbonyl (C=O) groups is 1. The van der Waals surface area contributed by atoms with Gasteiger partial charge in [0.05, 0.1) is 17.9 Å². The lowest BCUT2D eigenvalue weighted by Crippen LogP contribution is -2.27. The second kappa shape index (κ2) is 7.11. The third-order valence-electron chi connectivity index (χ3n) is 4.91. The maximum absolute atomic E-state index is 12.8. The molecule has 1 heterocycles. The van der Waals surface area contributed by atoms with Crippen molar-refractivity contribution in [3.63, 3.8) is 0 Å². The van der Waals surface area contributed by atoms with E-state index in [-0.39, 0.29) is 29.3 Å². The van der Waals surface area contributed by atoms with Crippen molar-refractivity contribution in [1.29, 1.82) is 5.41 Å². The lowest BCUT2D eigenvalue weighted by molar-refractivity contribution is 0.0937. The number of benzene rings is 2. The van der Waals surface area contributed by atoms with Gasteiger partial charge in [-0.05, 0) is 36.1 Å². The van der Waals surface area contributed by atoms with Gasteiger partial charge in [-0.25, -0.2) is 9.97 Å². The van der Waals surface area contributed by atoms with Crippen LogP contribution in [0.3, 0.4) is 0 Å². The van der Waals surface area contributed by atoms with Crippen LogP contribution >= 0.6 is 0 Å². The number of rotatable bonds is 4. The van der Waals surface area contributed by atoms with Crippen LogP contribution in [-0.4, -0.2) is 21.7 Å². The average molecular weight is 372 g/mol. The summed E-state index contributed by atoms with van der Waals surface area (Å²) in [7, 11) is 0. The van der Waals surface area contributed by atoms with Crippen LogP contribution in [0, 0.1) is 5.41 Å². The van der Waals surface area contributed by atoms with Gasteiger partial charge in [-0.3, -0.25) is 10.2 Å². The normalized spacial score (nSPS) is 15.1. The zero-order valence-electron chi connectivity index (χ0n) is 15.1. The first-order valence-electron chi connectivity index (χ1n) is 8.99. The number of hydrogen-bond acceptors (Lipinski definition) is 5. The number of hydrogen-bond donors (Lipinski definition) is 4. The summed E-state index contributed by atoms with van der Waals surface area (Å²) < 4.78 is 0. The van der Waals surface area contributed by atoms with Crippen LogP contribution in [0.1, 0.15) is 39.6 Å². The highest BCUT2D eigenvalue weighted by Gasteiger charge is 2.24. The van der Waals surface area contributed by atoms with Gasteiger partial charge in [0, 0.05) is 11.1 Å². The number of aryl methyl sites for hydroxylation is 1. The average Bonchev–Trinajstić information content (AvgIpc) is 3.11. The predicted molar refractivity (Wildman–Crippen MR) is 108 cm³/mol. The van der Waals surface area contributed by atoms with Gasteiger partial charge < -0.3 is 16.8 Å². The molecule has 1 aromatic heterocycles. The Labute approximate surface area is 162 Å². The van der Waals surface area contributed by atoms with E-state index in [1.165, 1.54) is 17.3 Å². The highest BCUT2D eigenvalue weighted by Crippen LogP contribution is 2.31. The largest absolute Gasteiger partial charge is 0.382 e. The molecule has 0 radical (unpaired) electrons. The van der Waals surface area contributed by atoms with Crippen molar-refractivity contribution < 1.29 is 4.79 Å². The molecule has 0 bridgehead atoms. The molecule has 1 aliphatic carbocycles. The summed E-state index contributed by atoms with van der Waals surface area (Å²) in [5.41, 5.74) is 15.6. The highest BCUT2D eigenvalue weighted by molar-refractivity contribution is 5.98. The molecule has 0 unspecified atom stereocenters. The molecule has 28 heavy (non-hydrogen) atoms. The van der Waals surface area contributed by atoms with Gasteiger partial charge in [0.2, 0.25) is 0 Å². The highest BCUT2D eigenvalue weighted by atomic mass is 16.1. The Kier molecular flexibility index (Phi) is 4.49. The van der Waals surface area contributed by atoms with E-state index in [9.17, 15) is 4.79 Å². The SMILES string of the molecule is N=C(N)c1nc(-c2cccc(C(=O)N[C@H]3CCc4ccccc43)c2)cnc1N. The van der Waals surface area contributed by atoms with Crippen LogP contribution in [0.4, 0.5) is 5.82 Å². The number of carbonyl (C=O) groups excluding carboxylic acids is 1. The molecular weight excluding hydrogens is 352 g/mol. The first-order chi connectivity index (χ1) is 13.5. The molecule has 1 amide bonds. The van der Waals surface area contributed by atoms with E-state index < -0.39 is 0 Å². The standard InChI is InChI=1S/C21H20N6O/c22-19(23)18-20(24)25-11-17(26-18)13-5-3-6-14(10-13)21(28)27-16-9-8-12-4-1-2-7-15(12)16/h1-7,10-11,16H,8-9H2,(H3,22,23)(H2,24,25)(H,27,28)/t16-/m0/s1. The minimum absolute atomic E-state index is 0.0213. The van der Waals surface area contributed by atoms with Gasteiger partial charge in [0.1, 0.15) is 11.5 Å². The van der Waals surface area contributed by atoms with Gasteiger partial charge in [0.25, 0.3) is 5.91 Å². The monoisotopic (exact) mass is 372 g/mol. The van der Waals surface area contributed by atoms with Crippen molar-refractivity contribution in [1.82, 2.24) is 15.3 Å². The quantitative estimate of drug-likeness (QED) is 0.413. The molecule has 0 fully saturated rings. The van der Waals surface area contributed by atoms with Crippen LogP contribution in [-0.2, 0) is 6.42 Å². The van der Waals surface area contributed by atoms with Crippen molar-refractivity contribution >= 4 is 17.6 Å². The summed E-state index contributed by atoms with van der Waals surface area (Å²) in [5, 5.41) is 10.7. The van der Waals surface area contributed by atoms with Gasteiger partial charge >= 0.3 is 0 Å². The van der Waals surface area contributed by atoms with Crippen LogP contribution in [0.5, 0.6) is 0 Å². The molecule has 140 valence electrons. The first-order valence-corrected chi connectivity index (χ1v) is 8.99. The maximum Gasteiger partial charge on any atom is 0.251 e. The van der Waals surface area contributed by atoms with E-state index in [2.05, 4.69) is 27.4 Å². The summed E-state index contributed by atoms with van der Waals surface area (Å²) in [6.45, 7) is 0. The van der Waals surface area contributed by atoms with Gasteiger partial charge in [0.15, 0.2) is 5.82 Å². The molecule has 1 aliphatic rings. The molecule has 2 aromatic carbocycles. The molecule has 3 aromatic rings. The van der Waals surface area contributed by atoms with Crippen molar-refractivity contribution in [2.24, 2.45) is 5.73 Å². The van der Waals surface area contributed by atoms with Crippen LogP contribution in [0.25, 0.3) is 11.3 Å². The molecule has 0 saturated heterocycles. The lowest BCUT2D eigenvalue weighted by atomic mass is 10.1. The second-order valence-electron chi connectivity index (χ2n) is 6.75. The Morgan fingerprint density at radius 3 is 2.82 bits per heavy atom. The van der Waals surface area contributed by atoms with Crippen molar-refractivity contribution in [2.75, 3.05) is 5.73 Å². The molecule has 0 spiro atoms. The van der Waals surface area contributed by atoms with Crippen LogP contribution < -0.4 is 16.8 Å². The number of fused-ring (bicyclic) bond motifs is 1. The summed E-state index contributed by atoms with van der Waals surface area (Å²) in [5.74, 6) is -0.288. The number of aromatic nitrogens is 2. The summed E-state index contributed by atoms with van der Waals surface area (Å²) >= 11 is 0. The summed E-state index contributed by atoms with van der Waals surface area (Å²) in [4.78, 5) is 21.2. The topological polar surface area (TPSA) is 131 Å². The third-order valence-corrected chi connectivity index (χ3v) is 4.91. The minimum atomic E-state index is -0.249. The number of nitrogen functional groups attached to an aromatic ring is 2. The van der Waals surface area contributed by atoms with E-state index in [1.54, 1.807) is 18.2 Å². The van der Waals surface area contributed by atoms with Crippen LogP contribution in [0.15, 0.2) is 54.7 Å². The van der Waals surface area contributed by atoms with Crippen molar-refractivity contribution in [3.05, 3.63) is 77.1 Å². The van der Waals surface area contributed by atoms with E-state index >= 15 is 0 Å². The first kappa shape index (κ1) is 17.7. The number of nitrogens with two attached hydrogens (primary N) is 2. The zero-order valence-corrected chi connectivity index (χ0v) is 15.1. The number of amides is 1. The third kappa shape index (κ3) is 3.29. The second-order valence-corrected chi connectivity index (χ2v) is 6.75. The van der Waals surface area contributed by atoms with E-state index in [1.807, 2.05) is 18.2 Å². The molecular formula is C21H20N6O. The summed E-state index contributed by atoms with van der Waals surface area (Å²) in [6, 6.07) is 15.3. The van der Waals surface area contributed by atoms with Gasteiger partial charge in [-0.15, -0.1) is 0 Å². The van der Waals surface area contributed by atoms with Crippen molar-refractivity contribution in [3.8, 4) is 11.3 Å². The molecule has 0 saturated carbocycles. The maximum atomic E-state index is 12.8. The molecule has 6 N–H and O–H groups in total. The smallest absolute Gasteiger partial charge is 0.251 e. The fourth-order valence-corrected chi connectivity index (χ4v) is 3.50. The Balaban J connectivity index is 1.58. The molecule has 1 atom stereocenters. The number of nitrogens with zero attached hydrogens (tertiary/aromatic N) is 2. The number of nitrogens with one attached hydrogen (secondary N) is 2. The summed E-state index contributed by atoms with van der Waals surface area (Å²) in [6.07, 6.45) is 3.37.